The zero-order valence-corrected chi connectivity index (χ0v) is 13.8. The van der Waals surface area contributed by atoms with Gasteiger partial charge < -0.3 is 9.52 Å². The minimum atomic E-state index is -1.04. The lowest BCUT2D eigenvalue weighted by atomic mass is 10.0. The average molecular weight is 360 g/mol. The molecule has 0 aliphatic heterocycles. The Bertz CT molecular complexity index is 1090. The fraction of sp³-hybridized carbons (Fsp3) is 0. The number of carboxylic acid groups (broad SMARTS) is 1. The molecule has 1 aromatic heterocycles. The first-order valence-corrected chi connectivity index (χ1v) is 7.78. The monoisotopic (exact) mass is 360 g/mol. The smallest absolute Gasteiger partial charge is 0.335 e. The van der Waals surface area contributed by atoms with Crippen LogP contribution in [0, 0.1) is 21.4 Å². The molecule has 1 N–H and O–H groups in total. The molecule has 0 spiro atoms. The first-order valence-electron chi connectivity index (χ1n) is 7.78. The predicted octanol–water partition coefficient (Wildman–Crippen LogP) is 4.62. The maximum atomic E-state index is 10.9. The Balaban J connectivity index is 1.91. The van der Waals surface area contributed by atoms with Gasteiger partial charge in [0, 0.05) is 17.7 Å². The van der Waals surface area contributed by atoms with E-state index in [2.05, 4.69) is 6.07 Å². The van der Waals surface area contributed by atoms with Crippen molar-refractivity contribution in [2.45, 2.75) is 0 Å². The molecule has 0 saturated heterocycles. The Labute approximate surface area is 153 Å². The fourth-order valence-electron chi connectivity index (χ4n) is 2.47. The van der Waals surface area contributed by atoms with Crippen LogP contribution in [0.3, 0.4) is 0 Å². The van der Waals surface area contributed by atoms with E-state index < -0.39 is 10.9 Å². The van der Waals surface area contributed by atoms with Crippen LogP contribution >= 0.6 is 0 Å². The van der Waals surface area contributed by atoms with Gasteiger partial charge in [0.15, 0.2) is 0 Å². The van der Waals surface area contributed by atoms with Crippen LogP contribution in [0.2, 0.25) is 0 Å². The van der Waals surface area contributed by atoms with Crippen LogP contribution in [-0.2, 0) is 0 Å². The lowest BCUT2D eigenvalue weighted by Gasteiger charge is -2.00. The molecule has 7 heteroatoms. The van der Waals surface area contributed by atoms with Crippen molar-refractivity contribution in [1.29, 1.82) is 5.26 Å². The van der Waals surface area contributed by atoms with Crippen LogP contribution in [0.5, 0.6) is 0 Å². The highest BCUT2D eigenvalue weighted by atomic mass is 16.6. The molecule has 2 aromatic carbocycles. The van der Waals surface area contributed by atoms with Crippen molar-refractivity contribution >= 4 is 23.3 Å². The Kier molecular flexibility index (Phi) is 4.82. The molecule has 7 nitrogen and oxygen atoms in total. The molecule has 0 bridgehead atoms. The second-order valence-electron chi connectivity index (χ2n) is 5.56. The summed E-state index contributed by atoms with van der Waals surface area (Å²) in [5.41, 5.74) is 1.48. The lowest BCUT2D eigenvalue weighted by Crippen LogP contribution is -1.95. The van der Waals surface area contributed by atoms with Crippen LogP contribution in [0.4, 0.5) is 5.69 Å². The molecule has 0 unspecified atom stereocenters. The minimum absolute atomic E-state index is 0.0442. The van der Waals surface area contributed by atoms with Crippen molar-refractivity contribution in [2.24, 2.45) is 0 Å². The zero-order valence-electron chi connectivity index (χ0n) is 13.8. The standard InChI is InChI=1S/C20H12N2O5/c21-12-16(13-4-6-14(7-5-13)20(23)24)11-18-8-9-19(27-18)15-2-1-3-17(10-15)22(25)26/h1-11H,(H,23,24)/b16-11-. The van der Waals surface area contributed by atoms with E-state index in [9.17, 15) is 20.2 Å². The molecular weight excluding hydrogens is 348 g/mol. The third-order valence-electron chi connectivity index (χ3n) is 3.82. The summed E-state index contributed by atoms with van der Waals surface area (Å²) in [7, 11) is 0. The molecule has 0 aliphatic carbocycles. The summed E-state index contributed by atoms with van der Waals surface area (Å²) in [4.78, 5) is 21.3. The maximum absolute atomic E-state index is 10.9. The largest absolute Gasteiger partial charge is 0.478 e. The van der Waals surface area contributed by atoms with Crippen molar-refractivity contribution < 1.29 is 19.2 Å². The molecule has 0 fully saturated rings. The van der Waals surface area contributed by atoms with E-state index >= 15 is 0 Å². The summed E-state index contributed by atoms with van der Waals surface area (Å²) in [5.74, 6) is -0.212. The van der Waals surface area contributed by atoms with E-state index in [-0.39, 0.29) is 11.3 Å². The van der Waals surface area contributed by atoms with Crippen LogP contribution in [0.25, 0.3) is 23.0 Å². The van der Waals surface area contributed by atoms with E-state index in [4.69, 9.17) is 9.52 Å². The first-order chi connectivity index (χ1) is 13.0. The van der Waals surface area contributed by atoms with E-state index in [1.165, 1.54) is 30.3 Å². The van der Waals surface area contributed by atoms with Gasteiger partial charge in [0.1, 0.15) is 11.5 Å². The van der Waals surface area contributed by atoms with E-state index in [0.29, 0.717) is 28.2 Å². The van der Waals surface area contributed by atoms with Gasteiger partial charge in [-0.3, -0.25) is 10.1 Å². The Morgan fingerprint density at radius 2 is 1.81 bits per heavy atom. The van der Waals surface area contributed by atoms with Crippen molar-refractivity contribution in [3.8, 4) is 17.4 Å². The number of allylic oxidation sites excluding steroid dienone is 1. The molecule has 132 valence electrons. The van der Waals surface area contributed by atoms with E-state index in [1.54, 1.807) is 36.4 Å². The quantitative estimate of drug-likeness (QED) is 0.403. The summed E-state index contributed by atoms with van der Waals surface area (Å²) in [6, 6.07) is 17.3. The molecule has 1 heterocycles. The molecule has 0 atom stereocenters. The maximum Gasteiger partial charge on any atom is 0.335 e. The topological polar surface area (TPSA) is 117 Å². The number of nitriles is 1. The molecule has 0 radical (unpaired) electrons. The van der Waals surface area contributed by atoms with Gasteiger partial charge in [-0.25, -0.2) is 4.79 Å². The first kappa shape index (κ1) is 17.6. The van der Waals surface area contributed by atoms with Crippen LogP contribution in [-0.4, -0.2) is 16.0 Å². The highest BCUT2D eigenvalue weighted by Gasteiger charge is 2.11. The van der Waals surface area contributed by atoms with Gasteiger partial charge in [0.25, 0.3) is 5.69 Å². The highest BCUT2D eigenvalue weighted by molar-refractivity contribution is 5.91. The van der Waals surface area contributed by atoms with Gasteiger partial charge in [-0.2, -0.15) is 5.26 Å². The number of rotatable bonds is 5. The van der Waals surface area contributed by atoms with Crippen molar-refractivity contribution in [3.05, 3.63) is 87.7 Å². The number of nitrogens with zero attached hydrogens (tertiary/aromatic N) is 2. The second kappa shape index (κ2) is 7.37. The Morgan fingerprint density at radius 1 is 1.11 bits per heavy atom. The zero-order chi connectivity index (χ0) is 19.4. The molecule has 3 aromatic rings. The summed E-state index contributed by atoms with van der Waals surface area (Å²) >= 11 is 0. The van der Waals surface area contributed by atoms with Crippen LogP contribution < -0.4 is 0 Å². The molecule has 3 rings (SSSR count). The normalized spacial score (nSPS) is 11.0. The van der Waals surface area contributed by atoms with Gasteiger partial charge in [-0.1, -0.05) is 24.3 Å². The number of nitro benzene ring substituents is 1. The third-order valence-corrected chi connectivity index (χ3v) is 3.82. The number of hydrogen-bond donors (Lipinski definition) is 1. The second-order valence-corrected chi connectivity index (χ2v) is 5.56. The number of furan rings is 1. The molecule has 27 heavy (non-hydrogen) atoms. The highest BCUT2D eigenvalue weighted by Crippen LogP contribution is 2.27. The number of hydrogen-bond acceptors (Lipinski definition) is 5. The number of nitro groups is 1. The fourth-order valence-corrected chi connectivity index (χ4v) is 2.47. The van der Waals surface area contributed by atoms with Crippen LogP contribution in [0.1, 0.15) is 21.7 Å². The number of non-ortho nitro benzene ring substituents is 1. The van der Waals surface area contributed by atoms with Crippen molar-refractivity contribution in [1.82, 2.24) is 0 Å². The van der Waals surface area contributed by atoms with E-state index in [0.717, 1.165) is 0 Å². The van der Waals surface area contributed by atoms with Gasteiger partial charge in [-0.05, 0) is 35.9 Å². The van der Waals surface area contributed by atoms with Gasteiger partial charge >= 0.3 is 5.97 Å². The predicted molar refractivity (Wildman–Crippen MR) is 97.7 cm³/mol. The Hall–Kier alpha value is -4.18. The van der Waals surface area contributed by atoms with Crippen molar-refractivity contribution in [2.75, 3.05) is 0 Å². The van der Waals surface area contributed by atoms with Gasteiger partial charge in [0.05, 0.1) is 22.1 Å². The summed E-state index contributed by atoms with van der Waals surface area (Å²) in [6.45, 7) is 0. The SMILES string of the molecule is N#C/C(=C/c1ccc(-c2cccc([N+](=O)[O-])c2)o1)c1ccc(C(=O)O)cc1. The summed E-state index contributed by atoms with van der Waals surface area (Å²) in [5, 5.41) is 29.2. The third kappa shape index (κ3) is 3.91. The Morgan fingerprint density at radius 3 is 2.44 bits per heavy atom. The van der Waals surface area contributed by atoms with Crippen molar-refractivity contribution in [3.63, 3.8) is 0 Å². The molecular formula is C20H12N2O5. The lowest BCUT2D eigenvalue weighted by molar-refractivity contribution is -0.384. The molecule has 0 saturated carbocycles. The summed E-state index contributed by atoms with van der Waals surface area (Å²) in [6.07, 6.45) is 1.52. The summed E-state index contributed by atoms with van der Waals surface area (Å²) < 4.78 is 5.68. The average Bonchev–Trinajstić information content (AvgIpc) is 3.15. The molecule has 0 amide bonds. The minimum Gasteiger partial charge on any atom is -0.478 e. The number of benzene rings is 2. The van der Waals surface area contributed by atoms with Crippen LogP contribution in [0.15, 0.2) is 65.1 Å². The number of aromatic carboxylic acids is 1. The van der Waals surface area contributed by atoms with Gasteiger partial charge in [0.2, 0.25) is 0 Å². The van der Waals surface area contributed by atoms with Gasteiger partial charge in [-0.15, -0.1) is 0 Å². The van der Waals surface area contributed by atoms with E-state index in [1.807, 2.05) is 0 Å². The molecule has 0 aliphatic rings. The number of carboxylic acids is 1. The number of carbonyl (C=O) groups is 1.